The van der Waals surface area contributed by atoms with Crippen LogP contribution >= 0.6 is 0 Å². The SMILES string of the molecule is Cc1ccc(C(CN)NC(C)C)cn1. The largest absolute Gasteiger partial charge is 0.329 e. The van der Waals surface area contributed by atoms with Crippen LogP contribution in [-0.2, 0) is 0 Å². The Kier molecular flexibility index (Phi) is 4.04. The third-order valence-electron chi connectivity index (χ3n) is 2.11. The fourth-order valence-corrected chi connectivity index (χ4v) is 1.39. The van der Waals surface area contributed by atoms with Crippen LogP contribution in [0.1, 0.15) is 31.1 Å². The standard InChI is InChI=1S/C11H19N3/c1-8(2)14-11(6-12)10-5-4-9(3)13-7-10/h4-5,7-8,11,14H,6,12H2,1-3H3. The number of pyridine rings is 1. The van der Waals surface area contributed by atoms with Crippen LogP contribution in [0, 0.1) is 6.92 Å². The van der Waals surface area contributed by atoms with Crippen molar-refractivity contribution in [2.75, 3.05) is 6.54 Å². The van der Waals surface area contributed by atoms with Crippen molar-refractivity contribution >= 4 is 0 Å². The van der Waals surface area contributed by atoms with E-state index in [1.54, 1.807) is 0 Å². The lowest BCUT2D eigenvalue weighted by Crippen LogP contribution is -2.33. The smallest absolute Gasteiger partial charge is 0.0461 e. The summed E-state index contributed by atoms with van der Waals surface area (Å²) in [4.78, 5) is 4.26. The van der Waals surface area contributed by atoms with Crippen molar-refractivity contribution in [2.45, 2.75) is 32.9 Å². The molecule has 1 rings (SSSR count). The average molecular weight is 193 g/mol. The highest BCUT2D eigenvalue weighted by atomic mass is 15.0. The highest BCUT2D eigenvalue weighted by Crippen LogP contribution is 2.11. The van der Waals surface area contributed by atoms with E-state index in [2.05, 4.69) is 30.2 Å². The molecule has 78 valence electrons. The molecule has 3 N–H and O–H groups in total. The topological polar surface area (TPSA) is 50.9 Å². The monoisotopic (exact) mass is 193 g/mol. The maximum atomic E-state index is 5.70. The molecule has 3 nitrogen and oxygen atoms in total. The van der Waals surface area contributed by atoms with Crippen LogP contribution in [0.5, 0.6) is 0 Å². The fraction of sp³-hybridized carbons (Fsp3) is 0.545. The second-order valence-corrected chi connectivity index (χ2v) is 3.84. The zero-order chi connectivity index (χ0) is 10.6. The summed E-state index contributed by atoms with van der Waals surface area (Å²) >= 11 is 0. The summed E-state index contributed by atoms with van der Waals surface area (Å²) < 4.78 is 0. The molecular formula is C11H19N3. The van der Waals surface area contributed by atoms with Crippen molar-refractivity contribution in [3.63, 3.8) is 0 Å². The number of aryl methyl sites for hydroxylation is 1. The van der Waals surface area contributed by atoms with Crippen molar-refractivity contribution in [3.8, 4) is 0 Å². The van der Waals surface area contributed by atoms with Crippen molar-refractivity contribution < 1.29 is 0 Å². The number of nitrogens with one attached hydrogen (secondary N) is 1. The van der Waals surface area contributed by atoms with Gasteiger partial charge in [0.2, 0.25) is 0 Å². The van der Waals surface area contributed by atoms with Gasteiger partial charge in [-0.05, 0) is 18.6 Å². The number of hydrogen-bond acceptors (Lipinski definition) is 3. The van der Waals surface area contributed by atoms with Gasteiger partial charge in [-0.15, -0.1) is 0 Å². The lowest BCUT2D eigenvalue weighted by Gasteiger charge is -2.19. The molecule has 0 bridgehead atoms. The molecule has 0 saturated heterocycles. The minimum absolute atomic E-state index is 0.211. The van der Waals surface area contributed by atoms with Gasteiger partial charge in [-0.1, -0.05) is 19.9 Å². The molecule has 0 fully saturated rings. The summed E-state index contributed by atoms with van der Waals surface area (Å²) in [5.41, 5.74) is 7.90. The molecule has 0 aliphatic carbocycles. The van der Waals surface area contributed by atoms with E-state index < -0.39 is 0 Å². The Morgan fingerprint density at radius 3 is 2.57 bits per heavy atom. The van der Waals surface area contributed by atoms with Gasteiger partial charge >= 0.3 is 0 Å². The Hall–Kier alpha value is -0.930. The van der Waals surface area contributed by atoms with Crippen LogP contribution in [0.4, 0.5) is 0 Å². The van der Waals surface area contributed by atoms with Crippen LogP contribution in [0.15, 0.2) is 18.3 Å². The molecule has 1 atom stereocenters. The van der Waals surface area contributed by atoms with E-state index >= 15 is 0 Å². The maximum Gasteiger partial charge on any atom is 0.0461 e. The minimum Gasteiger partial charge on any atom is -0.329 e. The van der Waals surface area contributed by atoms with E-state index in [9.17, 15) is 0 Å². The van der Waals surface area contributed by atoms with Gasteiger partial charge in [0.15, 0.2) is 0 Å². The first kappa shape index (κ1) is 11.1. The molecule has 0 aromatic carbocycles. The maximum absolute atomic E-state index is 5.70. The van der Waals surface area contributed by atoms with Crippen LogP contribution in [-0.4, -0.2) is 17.6 Å². The Morgan fingerprint density at radius 1 is 1.43 bits per heavy atom. The number of nitrogens with zero attached hydrogens (tertiary/aromatic N) is 1. The summed E-state index contributed by atoms with van der Waals surface area (Å²) in [6.45, 7) is 6.81. The van der Waals surface area contributed by atoms with Gasteiger partial charge in [0.1, 0.15) is 0 Å². The van der Waals surface area contributed by atoms with E-state index in [0.29, 0.717) is 12.6 Å². The van der Waals surface area contributed by atoms with E-state index in [1.165, 1.54) is 0 Å². The third-order valence-corrected chi connectivity index (χ3v) is 2.11. The summed E-state index contributed by atoms with van der Waals surface area (Å²) in [6, 6.07) is 4.74. The second kappa shape index (κ2) is 5.08. The van der Waals surface area contributed by atoms with Crippen LogP contribution in [0.3, 0.4) is 0 Å². The quantitative estimate of drug-likeness (QED) is 0.759. The van der Waals surface area contributed by atoms with Gasteiger partial charge in [0.25, 0.3) is 0 Å². The zero-order valence-corrected chi connectivity index (χ0v) is 9.12. The molecule has 1 aromatic heterocycles. The normalized spacial score (nSPS) is 13.2. The molecule has 1 unspecified atom stereocenters. The molecule has 14 heavy (non-hydrogen) atoms. The summed E-state index contributed by atoms with van der Waals surface area (Å²) in [5.74, 6) is 0. The first-order valence-corrected chi connectivity index (χ1v) is 5.02. The minimum atomic E-state index is 0.211. The van der Waals surface area contributed by atoms with Crippen LogP contribution in [0.25, 0.3) is 0 Å². The molecule has 0 aliphatic heterocycles. The average Bonchev–Trinajstić information content (AvgIpc) is 2.15. The summed E-state index contributed by atoms with van der Waals surface area (Å²) in [6.07, 6.45) is 1.89. The first-order chi connectivity index (χ1) is 6.63. The van der Waals surface area contributed by atoms with Gasteiger partial charge in [0, 0.05) is 30.5 Å². The first-order valence-electron chi connectivity index (χ1n) is 5.02. The van der Waals surface area contributed by atoms with Gasteiger partial charge < -0.3 is 11.1 Å². The molecular weight excluding hydrogens is 174 g/mol. The number of nitrogens with two attached hydrogens (primary N) is 1. The van der Waals surface area contributed by atoms with Gasteiger partial charge in [-0.2, -0.15) is 0 Å². The molecule has 0 saturated carbocycles. The van der Waals surface area contributed by atoms with Crippen molar-refractivity contribution in [3.05, 3.63) is 29.6 Å². The Bertz CT molecular complexity index is 266. The zero-order valence-electron chi connectivity index (χ0n) is 9.12. The lowest BCUT2D eigenvalue weighted by atomic mass is 10.1. The van der Waals surface area contributed by atoms with Crippen LogP contribution < -0.4 is 11.1 Å². The number of rotatable bonds is 4. The van der Waals surface area contributed by atoms with E-state index in [1.807, 2.05) is 19.2 Å². The molecule has 0 radical (unpaired) electrons. The van der Waals surface area contributed by atoms with Crippen molar-refractivity contribution in [2.24, 2.45) is 5.73 Å². The highest BCUT2D eigenvalue weighted by Gasteiger charge is 2.10. The Balaban J connectivity index is 2.73. The second-order valence-electron chi connectivity index (χ2n) is 3.84. The van der Waals surface area contributed by atoms with E-state index in [-0.39, 0.29) is 6.04 Å². The predicted octanol–water partition coefficient (Wildman–Crippen LogP) is 1.39. The molecule has 1 aromatic rings. The van der Waals surface area contributed by atoms with E-state index in [4.69, 9.17) is 5.73 Å². The molecule has 3 heteroatoms. The van der Waals surface area contributed by atoms with Gasteiger partial charge in [-0.25, -0.2) is 0 Å². The molecule has 1 heterocycles. The van der Waals surface area contributed by atoms with Gasteiger partial charge in [0.05, 0.1) is 0 Å². The Morgan fingerprint density at radius 2 is 2.14 bits per heavy atom. The molecule has 0 aliphatic rings. The highest BCUT2D eigenvalue weighted by molar-refractivity contribution is 5.17. The van der Waals surface area contributed by atoms with Crippen molar-refractivity contribution in [1.29, 1.82) is 0 Å². The summed E-state index contributed by atoms with van der Waals surface area (Å²) in [5, 5.41) is 3.40. The summed E-state index contributed by atoms with van der Waals surface area (Å²) in [7, 11) is 0. The Labute approximate surface area is 85.7 Å². The predicted molar refractivity (Wildman–Crippen MR) is 59.0 cm³/mol. The van der Waals surface area contributed by atoms with Crippen LogP contribution in [0.2, 0.25) is 0 Å². The van der Waals surface area contributed by atoms with Gasteiger partial charge in [-0.3, -0.25) is 4.98 Å². The fourth-order valence-electron chi connectivity index (χ4n) is 1.39. The third kappa shape index (κ3) is 3.09. The molecule has 0 spiro atoms. The van der Waals surface area contributed by atoms with Crippen molar-refractivity contribution in [1.82, 2.24) is 10.3 Å². The molecule has 0 amide bonds. The number of aromatic nitrogens is 1. The number of hydrogen-bond donors (Lipinski definition) is 2. The lowest BCUT2D eigenvalue weighted by molar-refractivity contribution is 0.483. The van der Waals surface area contributed by atoms with E-state index in [0.717, 1.165) is 11.3 Å².